The highest BCUT2D eigenvalue weighted by molar-refractivity contribution is 5.98. The van der Waals surface area contributed by atoms with Gasteiger partial charge in [0.05, 0.1) is 0 Å². The predicted molar refractivity (Wildman–Crippen MR) is 116 cm³/mol. The fourth-order valence-electron chi connectivity index (χ4n) is 5.13. The van der Waals surface area contributed by atoms with Crippen LogP contribution in [0.5, 0.6) is 0 Å². The van der Waals surface area contributed by atoms with Crippen molar-refractivity contribution < 1.29 is 19.2 Å². The Kier molecular flexibility index (Phi) is 9.05. The third kappa shape index (κ3) is 5.92. The zero-order valence-electron chi connectivity index (χ0n) is 19.5. The van der Waals surface area contributed by atoms with Gasteiger partial charge in [0, 0.05) is 36.8 Å². The van der Waals surface area contributed by atoms with Crippen molar-refractivity contribution in [2.75, 3.05) is 0 Å². The molecular weight excluding hydrogens is 380 g/mol. The summed E-state index contributed by atoms with van der Waals surface area (Å²) >= 11 is 0. The first-order valence-electron chi connectivity index (χ1n) is 11.9. The number of hydrogen-bond donors (Lipinski definition) is 0. The van der Waals surface area contributed by atoms with Crippen molar-refractivity contribution in [3.8, 4) is 0 Å². The molecule has 2 aliphatic heterocycles. The molecule has 1 saturated carbocycles. The van der Waals surface area contributed by atoms with Crippen LogP contribution in [-0.4, -0.2) is 45.5 Å². The zero-order valence-corrected chi connectivity index (χ0v) is 19.5. The Morgan fingerprint density at radius 1 is 0.800 bits per heavy atom. The van der Waals surface area contributed by atoms with E-state index in [-0.39, 0.29) is 53.5 Å². The molecule has 2 saturated heterocycles. The molecule has 4 amide bonds. The molecule has 3 unspecified atom stereocenters. The Bertz CT molecular complexity index is 643. The van der Waals surface area contributed by atoms with E-state index in [1.807, 2.05) is 27.7 Å². The number of hydrogen-bond acceptors (Lipinski definition) is 4. The summed E-state index contributed by atoms with van der Waals surface area (Å²) in [5.41, 5.74) is 0. The van der Waals surface area contributed by atoms with Crippen LogP contribution in [0.1, 0.15) is 98.8 Å². The minimum Gasteiger partial charge on any atom is -0.280 e. The van der Waals surface area contributed by atoms with E-state index in [0.29, 0.717) is 12.8 Å². The van der Waals surface area contributed by atoms with Crippen LogP contribution in [0.4, 0.5) is 0 Å². The van der Waals surface area contributed by atoms with E-state index in [4.69, 9.17) is 0 Å². The molecule has 0 aromatic carbocycles. The van der Waals surface area contributed by atoms with Gasteiger partial charge in [0.1, 0.15) is 0 Å². The summed E-state index contributed by atoms with van der Waals surface area (Å²) in [7, 11) is 0. The maximum atomic E-state index is 13.3. The van der Waals surface area contributed by atoms with Crippen molar-refractivity contribution in [3.63, 3.8) is 0 Å². The molecule has 30 heavy (non-hydrogen) atoms. The van der Waals surface area contributed by atoms with Crippen molar-refractivity contribution >= 4 is 23.6 Å². The van der Waals surface area contributed by atoms with Gasteiger partial charge in [-0.05, 0) is 66.2 Å². The smallest absolute Gasteiger partial charge is 0.232 e. The number of rotatable bonds is 3. The van der Waals surface area contributed by atoms with Gasteiger partial charge in [-0.25, -0.2) is 0 Å². The average molecular weight is 421 g/mol. The number of carbonyl (C=O) groups excluding carboxylic acids is 4. The van der Waals surface area contributed by atoms with Crippen LogP contribution in [0.3, 0.4) is 0 Å². The minimum atomic E-state index is -0.243. The third-order valence-corrected chi connectivity index (χ3v) is 6.71. The van der Waals surface area contributed by atoms with E-state index in [1.54, 1.807) is 0 Å². The highest BCUT2D eigenvalue weighted by Gasteiger charge is 2.38. The Morgan fingerprint density at radius 2 is 1.33 bits per heavy atom. The second-order valence-electron chi connectivity index (χ2n) is 9.70. The van der Waals surface area contributed by atoms with Gasteiger partial charge >= 0.3 is 0 Å². The van der Waals surface area contributed by atoms with Gasteiger partial charge in [-0.3, -0.25) is 29.0 Å². The van der Waals surface area contributed by atoms with Crippen LogP contribution in [0.2, 0.25) is 0 Å². The fourth-order valence-corrected chi connectivity index (χ4v) is 5.13. The molecule has 3 fully saturated rings. The highest BCUT2D eigenvalue weighted by Crippen LogP contribution is 2.32. The van der Waals surface area contributed by atoms with Gasteiger partial charge in [-0.15, -0.1) is 0 Å². The highest BCUT2D eigenvalue weighted by atomic mass is 16.2. The Hall–Kier alpha value is -1.72. The lowest BCUT2D eigenvalue weighted by atomic mass is 9.85. The Labute approximate surface area is 181 Å². The molecule has 0 N–H and O–H groups in total. The third-order valence-electron chi connectivity index (χ3n) is 6.71. The van der Waals surface area contributed by atoms with E-state index < -0.39 is 0 Å². The van der Waals surface area contributed by atoms with Gasteiger partial charge in [0.15, 0.2) is 0 Å². The average Bonchev–Trinajstić information content (AvgIpc) is 2.66. The van der Waals surface area contributed by atoms with E-state index in [2.05, 4.69) is 0 Å². The molecule has 0 aromatic heterocycles. The Morgan fingerprint density at radius 3 is 1.87 bits per heavy atom. The molecule has 0 radical (unpaired) electrons. The number of imide groups is 2. The maximum Gasteiger partial charge on any atom is 0.232 e. The minimum absolute atomic E-state index is 0.00543. The standard InChI is InChI=1S/C24H40N2O4/c1-16(2)25(18(5)27)22(28)20-11-8-6-7-10-19-12-9-13-21(15-14-20)24(30)26(17(3)4)23(19)29/h16-17,19-21H,6-15H2,1-5H3. The number of nitrogens with zero attached hydrogens (tertiary/aromatic N) is 2. The number of amides is 4. The van der Waals surface area contributed by atoms with Crippen LogP contribution >= 0.6 is 0 Å². The first-order chi connectivity index (χ1) is 14.1. The second kappa shape index (κ2) is 11.1. The summed E-state index contributed by atoms with van der Waals surface area (Å²) in [5.74, 6) is -0.938. The molecule has 0 aromatic rings. The first kappa shape index (κ1) is 24.5. The molecule has 3 aliphatic rings. The monoisotopic (exact) mass is 420 g/mol. The van der Waals surface area contributed by atoms with Crippen LogP contribution < -0.4 is 0 Å². The van der Waals surface area contributed by atoms with Crippen molar-refractivity contribution in [1.29, 1.82) is 0 Å². The molecule has 6 heteroatoms. The number of fused-ring (bicyclic) bond motifs is 11. The van der Waals surface area contributed by atoms with Crippen molar-refractivity contribution in [3.05, 3.63) is 0 Å². The molecule has 170 valence electrons. The van der Waals surface area contributed by atoms with E-state index >= 15 is 0 Å². The zero-order chi connectivity index (χ0) is 22.4. The van der Waals surface area contributed by atoms with Crippen LogP contribution in [0.15, 0.2) is 0 Å². The molecule has 2 heterocycles. The second-order valence-corrected chi connectivity index (χ2v) is 9.70. The molecule has 2 bridgehead atoms. The number of carbonyl (C=O) groups is 4. The first-order valence-corrected chi connectivity index (χ1v) is 11.9. The lowest BCUT2D eigenvalue weighted by Gasteiger charge is -2.35. The molecule has 3 rings (SSSR count). The molecule has 6 nitrogen and oxygen atoms in total. The topological polar surface area (TPSA) is 74.8 Å². The van der Waals surface area contributed by atoms with Gasteiger partial charge in [0.2, 0.25) is 23.6 Å². The summed E-state index contributed by atoms with van der Waals surface area (Å²) in [6.07, 6.45) is 8.04. The predicted octanol–water partition coefficient (Wildman–Crippen LogP) is 4.31. The van der Waals surface area contributed by atoms with Crippen molar-refractivity contribution in [1.82, 2.24) is 9.80 Å². The molecule has 1 aliphatic carbocycles. The van der Waals surface area contributed by atoms with E-state index in [1.165, 1.54) is 16.7 Å². The maximum absolute atomic E-state index is 13.3. The summed E-state index contributed by atoms with van der Waals surface area (Å²) in [4.78, 5) is 54.6. The van der Waals surface area contributed by atoms with Crippen LogP contribution in [0, 0.1) is 17.8 Å². The van der Waals surface area contributed by atoms with Crippen LogP contribution in [0.25, 0.3) is 0 Å². The Balaban J connectivity index is 2.28. The lowest BCUT2D eigenvalue weighted by molar-refractivity contribution is -0.155. The van der Waals surface area contributed by atoms with Gasteiger partial charge < -0.3 is 0 Å². The van der Waals surface area contributed by atoms with Gasteiger partial charge in [0.25, 0.3) is 0 Å². The fraction of sp³-hybridized carbons (Fsp3) is 0.833. The molecule has 0 spiro atoms. The van der Waals surface area contributed by atoms with Crippen LogP contribution in [-0.2, 0) is 19.2 Å². The summed E-state index contributed by atoms with van der Waals surface area (Å²) in [6.45, 7) is 8.98. The lowest BCUT2D eigenvalue weighted by Crippen LogP contribution is -2.49. The SMILES string of the molecule is CC(=O)N(C(=O)C1CCCCCC2CCCC(CC1)C(=O)N(C(C)C)C2=O)C(C)C. The van der Waals surface area contributed by atoms with E-state index in [0.717, 1.165) is 51.4 Å². The molecular formula is C24H40N2O4. The quantitative estimate of drug-likeness (QED) is 0.638. The van der Waals surface area contributed by atoms with Gasteiger partial charge in [-0.2, -0.15) is 0 Å². The summed E-state index contributed by atoms with van der Waals surface area (Å²) in [6, 6.07) is -0.321. The summed E-state index contributed by atoms with van der Waals surface area (Å²) in [5, 5.41) is 0. The normalized spacial score (nSPS) is 26.8. The van der Waals surface area contributed by atoms with Crippen molar-refractivity contribution in [2.24, 2.45) is 17.8 Å². The van der Waals surface area contributed by atoms with E-state index in [9.17, 15) is 19.2 Å². The van der Waals surface area contributed by atoms with Crippen molar-refractivity contribution in [2.45, 2.75) is 111 Å². The largest absolute Gasteiger partial charge is 0.280 e. The molecule has 3 atom stereocenters. The summed E-state index contributed by atoms with van der Waals surface area (Å²) < 4.78 is 0. The van der Waals surface area contributed by atoms with Gasteiger partial charge in [-0.1, -0.05) is 25.7 Å².